The van der Waals surface area contributed by atoms with Crippen LogP contribution in [0.5, 0.6) is 0 Å². The van der Waals surface area contributed by atoms with Crippen molar-refractivity contribution in [3.63, 3.8) is 0 Å². The number of anilines is 1. The average Bonchev–Trinajstić information content (AvgIpc) is 3.48. The third kappa shape index (κ3) is 8.70. The average molecular weight is 741 g/mol. The Labute approximate surface area is 324 Å². The highest BCUT2D eigenvalue weighted by molar-refractivity contribution is 6.60. The Kier molecular flexibility index (Phi) is 14.2. The van der Waals surface area contributed by atoms with Crippen LogP contribution in [0.2, 0.25) is 6.04 Å². The number of benzene rings is 2. The molecule has 2 heterocycles. The van der Waals surface area contributed by atoms with Gasteiger partial charge < -0.3 is 18.2 Å². The minimum Gasteiger partial charge on any atom is -0.374 e. The van der Waals surface area contributed by atoms with E-state index in [0.29, 0.717) is 31.8 Å². The SMILES string of the molecule is CCCN1C(=CC=C2CCCC(C=CC3=[N+](CCC)c4ccccc4C3(C)C)C2N(C)CCC[Si](OCC)(OCC)OCC)C(C)(C)c2ccccc21. The van der Waals surface area contributed by atoms with Crippen molar-refractivity contribution < 1.29 is 17.9 Å². The third-order valence-corrected chi connectivity index (χ3v) is 15.0. The van der Waals surface area contributed by atoms with Gasteiger partial charge >= 0.3 is 8.80 Å². The first-order valence-electron chi connectivity index (χ1n) is 20.8. The van der Waals surface area contributed by atoms with Gasteiger partial charge in [-0.3, -0.25) is 4.90 Å². The van der Waals surface area contributed by atoms with E-state index in [1.54, 1.807) is 0 Å². The molecule has 0 amide bonds. The molecule has 1 fully saturated rings. The first kappa shape index (κ1) is 41.4. The van der Waals surface area contributed by atoms with Gasteiger partial charge in [0, 0.05) is 79.4 Å². The summed E-state index contributed by atoms with van der Waals surface area (Å²) in [6.07, 6.45) is 16.8. The van der Waals surface area contributed by atoms with Gasteiger partial charge in [-0.05, 0) is 104 Å². The third-order valence-electron chi connectivity index (χ3n) is 11.8. The maximum atomic E-state index is 6.26. The summed E-state index contributed by atoms with van der Waals surface area (Å²) >= 11 is 0. The number of nitrogens with zero attached hydrogens (tertiary/aromatic N) is 3. The molecular weight excluding hydrogens is 671 g/mol. The Balaban J connectivity index is 1.51. The van der Waals surface area contributed by atoms with Crippen molar-refractivity contribution in [2.75, 3.05) is 51.4 Å². The van der Waals surface area contributed by atoms with Crippen LogP contribution in [0, 0.1) is 5.92 Å². The second-order valence-corrected chi connectivity index (χ2v) is 18.9. The Morgan fingerprint density at radius 2 is 1.51 bits per heavy atom. The number of hydrogen-bond acceptors (Lipinski definition) is 5. The maximum Gasteiger partial charge on any atom is 0.500 e. The van der Waals surface area contributed by atoms with Crippen LogP contribution in [-0.2, 0) is 24.1 Å². The highest BCUT2D eigenvalue weighted by atomic mass is 28.4. The van der Waals surface area contributed by atoms with E-state index >= 15 is 0 Å². The summed E-state index contributed by atoms with van der Waals surface area (Å²) in [5.41, 5.74) is 9.86. The van der Waals surface area contributed by atoms with Gasteiger partial charge in [-0.1, -0.05) is 81.8 Å². The number of allylic oxidation sites excluding steroid dienone is 4. The molecule has 0 bridgehead atoms. The van der Waals surface area contributed by atoms with Crippen LogP contribution < -0.4 is 4.90 Å². The second-order valence-electron chi connectivity index (χ2n) is 16.2. The molecule has 2 aliphatic heterocycles. The van der Waals surface area contributed by atoms with Crippen LogP contribution in [0.25, 0.3) is 0 Å². The Morgan fingerprint density at radius 3 is 2.17 bits per heavy atom. The Hall–Kier alpha value is -2.81. The molecule has 2 atom stereocenters. The fraction of sp³-hybridized carbons (Fsp3) is 0.587. The minimum absolute atomic E-state index is 0.0427. The molecule has 5 rings (SSSR count). The number of para-hydroxylation sites is 2. The quantitative estimate of drug-likeness (QED) is 0.112. The molecule has 7 heteroatoms. The van der Waals surface area contributed by atoms with Gasteiger partial charge in [0.15, 0.2) is 5.71 Å². The predicted molar refractivity (Wildman–Crippen MR) is 226 cm³/mol. The topological polar surface area (TPSA) is 37.2 Å². The van der Waals surface area contributed by atoms with Gasteiger partial charge in [-0.25, -0.2) is 0 Å². The number of hydrogen-bond donors (Lipinski definition) is 0. The van der Waals surface area contributed by atoms with Gasteiger partial charge in [-0.15, -0.1) is 0 Å². The van der Waals surface area contributed by atoms with E-state index in [9.17, 15) is 0 Å². The highest BCUT2D eigenvalue weighted by Crippen LogP contribution is 2.48. The minimum atomic E-state index is -2.72. The molecule has 6 nitrogen and oxygen atoms in total. The van der Waals surface area contributed by atoms with Gasteiger partial charge in [-0.2, -0.15) is 4.58 Å². The van der Waals surface area contributed by atoms with Crippen molar-refractivity contribution >= 4 is 25.9 Å². The molecule has 53 heavy (non-hydrogen) atoms. The predicted octanol–water partition coefficient (Wildman–Crippen LogP) is 10.6. The summed E-state index contributed by atoms with van der Waals surface area (Å²) in [6, 6.07) is 19.2. The molecule has 2 aromatic rings. The van der Waals surface area contributed by atoms with Crippen molar-refractivity contribution in [2.45, 2.75) is 124 Å². The van der Waals surface area contributed by atoms with Crippen molar-refractivity contribution in [2.24, 2.45) is 5.92 Å². The van der Waals surface area contributed by atoms with Crippen molar-refractivity contribution in [1.82, 2.24) is 4.90 Å². The van der Waals surface area contributed by atoms with E-state index < -0.39 is 8.80 Å². The van der Waals surface area contributed by atoms with Crippen molar-refractivity contribution in [3.8, 4) is 0 Å². The lowest BCUT2D eigenvalue weighted by Crippen LogP contribution is -2.47. The van der Waals surface area contributed by atoms with Gasteiger partial charge in [0.1, 0.15) is 6.54 Å². The number of likely N-dealkylation sites (N-methyl/N-ethyl adjacent to an activating group) is 1. The lowest BCUT2D eigenvalue weighted by Gasteiger charge is -2.39. The van der Waals surface area contributed by atoms with E-state index in [4.69, 9.17) is 13.3 Å². The summed E-state index contributed by atoms with van der Waals surface area (Å²) in [7, 11) is -0.376. The molecule has 0 N–H and O–H groups in total. The van der Waals surface area contributed by atoms with Gasteiger partial charge in [0.05, 0.1) is 5.41 Å². The summed E-state index contributed by atoms with van der Waals surface area (Å²) in [4.78, 5) is 5.20. The standard InChI is InChI=1S/C46H70N3O3Si/c1-11-32-48-40-26-18-16-24-38(40)45(6,7)42(48)30-28-36-22-20-23-37(44(36)47(10)34-21-35-53(50-13-3,51-14-4)52-15-5)29-31-43-46(8,9)39-25-17-19-27-41(39)49(43)33-12-2/h16-19,24-31,36,44H,11-15,20-23,32-35H2,1-10H3/q+1. The Morgan fingerprint density at radius 1 is 0.849 bits per heavy atom. The van der Waals surface area contributed by atoms with Crippen LogP contribution in [0.1, 0.15) is 112 Å². The summed E-state index contributed by atoms with van der Waals surface area (Å²) in [6.45, 7) is 25.2. The first-order valence-corrected chi connectivity index (χ1v) is 22.8. The molecule has 0 radical (unpaired) electrons. The summed E-state index contributed by atoms with van der Waals surface area (Å²) in [5.74, 6) is 0.405. The van der Waals surface area contributed by atoms with Gasteiger partial charge in [0.25, 0.3) is 0 Å². The molecule has 290 valence electrons. The molecule has 0 spiro atoms. The number of rotatable bonds is 18. The largest absolute Gasteiger partial charge is 0.500 e. The monoisotopic (exact) mass is 741 g/mol. The fourth-order valence-corrected chi connectivity index (χ4v) is 12.0. The molecule has 2 aromatic carbocycles. The smallest absolute Gasteiger partial charge is 0.374 e. The van der Waals surface area contributed by atoms with Crippen LogP contribution in [0.4, 0.5) is 11.4 Å². The van der Waals surface area contributed by atoms with E-state index in [1.165, 1.54) is 52.3 Å². The molecule has 3 aliphatic rings. The van der Waals surface area contributed by atoms with E-state index in [0.717, 1.165) is 51.4 Å². The lowest BCUT2D eigenvalue weighted by atomic mass is 9.77. The van der Waals surface area contributed by atoms with Crippen LogP contribution >= 0.6 is 0 Å². The molecule has 0 aromatic heterocycles. The van der Waals surface area contributed by atoms with E-state index in [1.807, 2.05) is 20.8 Å². The highest BCUT2D eigenvalue weighted by Gasteiger charge is 2.45. The van der Waals surface area contributed by atoms with Crippen LogP contribution in [-0.4, -0.2) is 76.5 Å². The molecule has 2 unspecified atom stereocenters. The summed E-state index contributed by atoms with van der Waals surface area (Å²) in [5, 5.41) is 0. The molecule has 1 aliphatic carbocycles. The first-order chi connectivity index (χ1) is 25.5. The van der Waals surface area contributed by atoms with E-state index in [-0.39, 0.29) is 10.8 Å². The van der Waals surface area contributed by atoms with Crippen LogP contribution in [0.3, 0.4) is 0 Å². The van der Waals surface area contributed by atoms with E-state index in [2.05, 4.69) is 136 Å². The fourth-order valence-electron chi connectivity index (χ4n) is 9.41. The summed E-state index contributed by atoms with van der Waals surface area (Å²) < 4.78 is 21.3. The normalized spacial score (nSPS) is 22.5. The molecular formula is C46H70N3O3Si+. The zero-order valence-corrected chi connectivity index (χ0v) is 35.8. The lowest BCUT2D eigenvalue weighted by molar-refractivity contribution is -0.437. The second kappa shape index (κ2) is 18.2. The number of fused-ring (bicyclic) bond motifs is 2. The zero-order valence-electron chi connectivity index (χ0n) is 34.8. The molecule has 0 saturated heterocycles. The Bertz CT molecular complexity index is 1640. The zero-order chi connectivity index (χ0) is 38.2. The maximum absolute atomic E-state index is 6.26. The van der Waals surface area contributed by atoms with Gasteiger partial charge in [0.2, 0.25) is 5.69 Å². The van der Waals surface area contributed by atoms with Crippen LogP contribution in [0.15, 0.2) is 84.1 Å². The van der Waals surface area contributed by atoms with Crippen molar-refractivity contribution in [3.05, 3.63) is 95.2 Å². The van der Waals surface area contributed by atoms with Crippen molar-refractivity contribution in [1.29, 1.82) is 0 Å². The molecule has 1 saturated carbocycles.